The van der Waals surface area contributed by atoms with Gasteiger partial charge in [-0.1, -0.05) is 0 Å². The molecule has 0 unspecified atom stereocenters. The van der Waals surface area contributed by atoms with E-state index in [4.69, 9.17) is 4.74 Å². The maximum Gasteiger partial charge on any atom is 0.573 e. The molecule has 0 bridgehead atoms. The maximum absolute atomic E-state index is 12.7. The highest BCUT2D eigenvalue weighted by atomic mass is 19.4. The van der Waals surface area contributed by atoms with Gasteiger partial charge in [-0.25, -0.2) is 0 Å². The molecule has 1 aliphatic heterocycles. The molecule has 0 N–H and O–H groups in total. The van der Waals surface area contributed by atoms with E-state index >= 15 is 0 Å². The maximum atomic E-state index is 12.7. The van der Waals surface area contributed by atoms with E-state index in [0.717, 1.165) is 41.4 Å². The van der Waals surface area contributed by atoms with Crippen molar-refractivity contribution in [3.63, 3.8) is 0 Å². The van der Waals surface area contributed by atoms with Gasteiger partial charge < -0.3 is 14.4 Å². The van der Waals surface area contributed by atoms with Crippen LogP contribution >= 0.6 is 0 Å². The number of nitrogens with zero attached hydrogens (tertiary/aromatic N) is 3. The van der Waals surface area contributed by atoms with Gasteiger partial charge in [0.2, 0.25) is 0 Å². The third kappa shape index (κ3) is 6.12. The monoisotopic (exact) mass is 515 g/mol. The number of aryl methyl sites for hydroxylation is 1. The van der Waals surface area contributed by atoms with E-state index < -0.39 is 6.36 Å². The van der Waals surface area contributed by atoms with Crippen LogP contribution in [-0.2, 0) is 11.3 Å². The molecule has 10 heteroatoms. The molecule has 2 fully saturated rings. The number of ketones is 1. The standard InChI is InChI=1S/C27H28F3N3O4/c1-17-22(25(34)3-2-12-36-20-8-9-20)10-11-24-23(17)16-33(31-24)15-18-13-32(14-18)26(35)19-4-6-21(7-5-19)37-27(28,29)30/h4-7,10-11,16,18,20H,2-3,8-9,12-15H2,1H3. The van der Waals surface area contributed by atoms with Gasteiger partial charge >= 0.3 is 6.36 Å². The highest BCUT2D eigenvalue weighted by molar-refractivity contribution is 6.01. The van der Waals surface area contributed by atoms with E-state index in [1.807, 2.05) is 29.9 Å². The third-order valence-electron chi connectivity index (χ3n) is 6.76. The lowest BCUT2D eigenvalue weighted by molar-refractivity contribution is -0.274. The summed E-state index contributed by atoms with van der Waals surface area (Å²) in [4.78, 5) is 27.0. The van der Waals surface area contributed by atoms with E-state index in [1.165, 1.54) is 12.1 Å². The molecule has 1 amide bonds. The lowest BCUT2D eigenvalue weighted by Gasteiger charge is -2.39. The Bertz CT molecular complexity index is 1290. The Kier molecular flexibility index (Phi) is 6.94. The molecular formula is C27H28F3N3O4. The fraction of sp³-hybridized carbons (Fsp3) is 0.444. The molecule has 5 rings (SSSR count). The zero-order valence-corrected chi connectivity index (χ0v) is 20.5. The Balaban J connectivity index is 1.14. The molecule has 2 aromatic carbocycles. The van der Waals surface area contributed by atoms with Gasteiger partial charge in [0.1, 0.15) is 5.75 Å². The first-order chi connectivity index (χ1) is 17.7. The van der Waals surface area contributed by atoms with Crippen LogP contribution in [0.5, 0.6) is 5.75 Å². The summed E-state index contributed by atoms with van der Waals surface area (Å²) in [5.41, 5.74) is 2.76. The van der Waals surface area contributed by atoms with E-state index in [0.29, 0.717) is 56.3 Å². The first kappa shape index (κ1) is 25.3. The molecule has 1 aromatic heterocycles. The molecule has 37 heavy (non-hydrogen) atoms. The van der Waals surface area contributed by atoms with Crippen molar-refractivity contribution in [2.24, 2.45) is 5.92 Å². The SMILES string of the molecule is Cc1c(C(=O)CCCOC2CC2)ccc2nn(CC3CN(C(=O)c4ccc(OC(F)(F)F)cc4)C3)cc12. The lowest BCUT2D eigenvalue weighted by Crippen LogP contribution is -2.51. The van der Waals surface area contributed by atoms with Crippen molar-refractivity contribution < 1.29 is 32.2 Å². The molecule has 3 aromatic rings. The zero-order valence-electron chi connectivity index (χ0n) is 20.5. The van der Waals surface area contributed by atoms with Crippen LogP contribution in [0.3, 0.4) is 0 Å². The number of carbonyl (C=O) groups excluding carboxylic acids is 2. The molecule has 7 nitrogen and oxygen atoms in total. The molecule has 2 heterocycles. The van der Waals surface area contributed by atoms with Crippen molar-refractivity contribution in [2.45, 2.75) is 51.6 Å². The zero-order chi connectivity index (χ0) is 26.2. The molecule has 1 saturated heterocycles. The number of aromatic nitrogens is 2. The fourth-order valence-corrected chi connectivity index (χ4v) is 4.63. The number of benzene rings is 2. The van der Waals surface area contributed by atoms with Gasteiger partial charge in [0.25, 0.3) is 5.91 Å². The van der Waals surface area contributed by atoms with E-state index in [9.17, 15) is 22.8 Å². The van der Waals surface area contributed by atoms with Gasteiger partial charge in [0, 0.05) is 61.3 Å². The summed E-state index contributed by atoms with van der Waals surface area (Å²) >= 11 is 0. The van der Waals surface area contributed by atoms with Crippen molar-refractivity contribution in [1.82, 2.24) is 14.7 Å². The van der Waals surface area contributed by atoms with E-state index in [2.05, 4.69) is 9.84 Å². The van der Waals surface area contributed by atoms with E-state index in [-0.39, 0.29) is 23.4 Å². The second-order valence-corrected chi connectivity index (χ2v) is 9.77. The minimum absolute atomic E-state index is 0.109. The van der Waals surface area contributed by atoms with Crippen molar-refractivity contribution in [3.05, 3.63) is 59.3 Å². The molecule has 0 radical (unpaired) electrons. The minimum Gasteiger partial charge on any atom is -0.406 e. The van der Waals surface area contributed by atoms with Crippen molar-refractivity contribution in [3.8, 4) is 5.75 Å². The Morgan fingerprint density at radius 1 is 1.08 bits per heavy atom. The number of rotatable bonds is 10. The second-order valence-electron chi connectivity index (χ2n) is 9.77. The molecule has 0 spiro atoms. The molecule has 1 aliphatic carbocycles. The first-order valence-electron chi connectivity index (χ1n) is 12.4. The van der Waals surface area contributed by atoms with Crippen LogP contribution in [0.2, 0.25) is 0 Å². The number of halogens is 3. The topological polar surface area (TPSA) is 73.7 Å². The second kappa shape index (κ2) is 10.2. The van der Waals surface area contributed by atoms with Crippen LogP contribution in [0.4, 0.5) is 13.2 Å². The molecule has 196 valence electrons. The number of amides is 1. The normalized spacial score (nSPS) is 16.2. The van der Waals surface area contributed by atoms with Gasteiger partial charge in [0.05, 0.1) is 11.6 Å². The number of carbonyl (C=O) groups is 2. The Morgan fingerprint density at radius 3 is 2.49 bits per heavy atom. The van der Waals surface area contributed by atoms with Crippen LogP contribution in [0, 0.1) is 12.8 Å². The van der Waals surface area contributed by atoms with Crippen LogP contribution < -0.4 is 4.74 Å². The Labute approximate surface area is 212 Å². The molecule has 2 aliphatic rings. The fourth-order valence-electron chi connectivity index (χ4n) is 4.63. The predicted molar refractivity (Wildman–Crippen MR) is 130 cm³/mol. The number of fused-ring (bicyclic) bond motifs is 1. The van der Waals surface area contributed by atoms with Crippen molar-refractivity contribution in [2.75, 3.05) is 19.7 Å². The predicted octanol–water partition coefficient (Wildman–Crippen LogP) is 5.16. The van der Waals surface area contributed by atoms with Crippen molar-refractivity contribution in [1.29, 1.82) is 0 Å². The summed E-state index contributed by atoms with van der Waals surface area (Å²) in [6.07, 6.45) is 0.996. The lowest BCUT2D eigenvalue weighted by atomic mass is 9.98. The molecular weight excluding hydrogens is 487 g/mol. The summed E-state index contributed by atoms with van der Waals surface area (Å²) < 4.78 is 48.3. The smallest absolute Gasteiger partial charge is 0.406 e. The highest BCUT2D eigenvalue weighted by Gasteiger charge is 2.33. The number of hydrogen-bond donors (Lipinski definition) is 0. The first-order valence-corrected chi connectivity index (χ1v) is 12.4. The van der Waals surface area contributed by atoms with Crippen LogP contribution in [0.25, 0.3) is 10.9 Å². The molecule has 0 atom stereocenters. The van der Waals surface area contributed by atoms with Crippen molar-refractivity contribution >= 4 is 22.6 Å². The van der Waals surface area contributed by atoms with Gasteiger partial charge in [0.15, 0.2) is 5.78 Å². The van der Waals surface area contributed by atoms with Gasteiger partial charge in [-0.3, -0.25) is 14.3 Å². The number of ether oxygens (including phenoxy) is 2. The molecule has 1 saturated carbocycles. The summed E-state index contributed by atoms with van der Waals surface area (Å²) in [6, 6.07) is 8.65. The number of hydrogen-bond acceptors (Lipinski definition) is 5. The third-order valence-corrected chi connectivity index (χ3v) is 6.76. The van der Waals surface area contributed by atoms with Crippen LogP contribution in [0.1, 0.15) is 52.0 Å². The number of Topliss-reactive ketones (excluding diaryl/α,β-unsaturated/α-hetero) is 1. The van der Waals surface area contributed by atoms with Gasteiger partial charge in [-0.05, 0) is 68.1 Å². The van der Waals surface area contributed by atoms with Gasteiger partial charge in [-0.2, -0.15) is 5.10 Å². The summed E-state index contributed by atoms with van der Waals surface area (Å²) in [5, 5.41) is 5.58. The van der Waals surface area contributed by atoms with E-state index in [1.54, 1.807) is 4.90 Å². The summed E-state index contributed by atoms with van der Waals surface area (Å²) in [5.74, 6) is -0.280. The van der Waals surface area contributed by atoms with Crippen LogP contribution in [-0.4, -0.2) is 58.5 Å². The number of likely N-dealkylation sites (tertiary alicyclic amines) is 1. The quantitative estimate of drug-likeness (QED) is 0.276. The highest BCUT2D eigenvalue weighted by Crippen LogP contribution is 2.27. The average molecular weight is 516 g/mol. The van der Waals surface area contributed by atoms with Crippen LogP contribution in [0.15, 0.2) is 42.6 Å². The Morgan fingerprint density at radius 2 is 1.81 bits per heavy atom. The summed E-state index contributed by atoms with van der Waals surface area (Å²) in [6.45, 7) is 4.24. The summed E-state index contributed by atoms with van der Waals surface area (Å²) in [7, 11) is 0. The largest absolute Gasteiger partial charge is 0.573 e. The Hall–Kier alpha value is -3.40. The minimum atomic E-state index is -4.77. The average Bonchev–Trinajstić information content (AvgIpc) is 3.55. The van der Waals surface area contributed by atoms with Gasteiger partial charge in [-0.15, -0.1) is 13.2 Å². The number of alkyl halides is 3.